The summed E-state index contributed by atoms with van der Waals surface area (Å²) < 4.78 is 24.8. The second-order valence-corrected chi connectivity index (χ2v) is 11.3. The van der Waals surface area contributed by atoms with Crippen LogP contribution < -0.4 is 10.6 Å². The van der Waals surface area contributed by atoms with Crippen molar-refractivity contribution < 1.29 is 18.3 Å². The molecule has 1 amide bonds. The Morgan fingerprint density at radius 3 is 2.41 bits per heavy atom. The number of β-amino-alcohol motifs (C(OH)–C–C–N with tert-alkyl or cyclic N) is 1. The summed E-state index contributed by atoms with van der Waals surface area (Å²) in [5, 5.41) is 16.7. The molecule has 2 aromatic rings. The maximum atomic E-state index is 12.5. The van der Waals surface area contributed by atoms with E-state index in [0.717, 1.165) is 38.0 Å². The van der Waals surface area contributed by atoms with Crippen molar-refractivity contribution in [3.8, 4) is 0 Å². The highest BCUT2D eigenvalue weighted by Gasteiger charge is 2.25. The van der Waals surface area contributed by atoms with Crippen molar-refractivity contribution in [1.29, 1.82) is 0 Å². The highest BCUT2D eigenvalue weighted by Crippen LogP contribution is 2.20. The van der Waals surface area contributed by atoms with Crippen molar-refractivity contribution in [3.63, 3.8) is 0 Å². The van der Waals surface area contributed by atoms with Crippen molar-refractivity contribution >= 4 is 21.6 Å². The van der Waals surface area contributed by atoms with Crippen LogP contribution in [-0.4, -0.2) is 79.8 Å². The Labute approximate surface area is 202 Å². The topological polar surface area (TPSA) is 102 Å². The van der Waals surface area contributed by atoms with Crippen molar-refractivity contribution in [2.45, 2.75) is 38.0 Å². The van der Waals surface area contributed by atoms with Gasteiger partial charge >= 0.3 is 0 Å². The van der Waals surface area contributed by atoms with Gasteiger partial charge in [-0.1, -0.05) is 24.3 Å². The molecule has 184 valence electrons. The van der Waals surface area contributed by atoms with Gasteiger partial charge in [-0.3, -0.25) is 9.69 Å². The van der Waals surface area contributed by atoms with Crippen LogP contribution in [0.25, 0.3) is 0 Å². The number of amides is 1. The first-order valence-electron chi connectivity index (χ1n) is 11.8. The molecule has 0 saturated carbocycles. The van der Waals surface area contributed by atoms with Gasteiger partial charge < -0.3 is 15.7 Å². The van der Waals surface area contributed by atoms with E-state index in [0.29, 0.717) is 25.2 Å². The van der Waals surface area contributed by atoms with Gasteiger partial charge in [0.25, 0.3) is 5.91 Å². The number of fused-ring (bicyclic) bond motifs is 1. The van der Waals surface area contributed by atoms with Crippen LogP contribution in [0.1, 0.15) is 34.3 Å². The summed E-state index contributed by atoms with van der Waals surface area (Å²) in [6.07, 6.45) is 3.09. The number of anilines is 1. The zero-order valence-electron chi connectivity index (χ0n) is 19.6. The number of nitrogens with one attached hydrogen (secondary N) is 2. The molecular formula is C25H34N4O4S. The van der Waals surface area contributed by atoms with Crippen molar-refractivity contribution in [2.24, 2.45) is 0 Å². The van der Waals surface area contributed by atoms with Gasteiger partial charge in [0.1, 0.15) is 0 Å². The molecule has 2 heterocycles. The highest BCUT2D eigenvalue weighted by molar-refractivity contribution is 7.88. The van der Waals surface area contributed by atoms with E-state index in [2.05, 4.69) is 33.7 Å². The molecule has 2 aromatic carbocycles. The fourth-order valence-corrected chi connectivity index (χ4v) is 5.54. The normalized spacial score (nSPS) is 18.8. The number of benzene rings is 2. The smallest absolute Gasteiger partial charge is 0.251 e. The molecule has 1 atom stereocenters. The van der Waals surface area contributed by atoms with Gasteiger partial charge in [0.05, 0.1) is 12.4 Å². The maximum Gasteiger partial charge on any atom is 0.251 e. The molecule has 3 N–H and O–H groups in total. The Kier molecular flexibility index (Phi) is 7.88. The fourth-order valence-electron chi connectivity index (χ4n) is 4.67. The van der Waals surface area contributed by atoms with Gasteiger partial charge in [-0.15, -0.1) is 0 Å². The minimum absolute atomic E-state index is 0.203. The van der Waals surface area contributed by atoms with Crippen LogP contribution in [0, 0.1) is 0 Å². The number of hydrogen-bond acceptors (Lipinski definition) is 6. The first-order chi connectivity index (χ1) is 16.3. The lowest BCUT2D eigenvalue weighted by Crippen LogP contribution is -2.42. The fraction of sp³-hybridized carbons (Fsp3) is 0.480. The summed E-state index contributed by atoms with van der Waals surface area (Å²) >= 11 is 0. The first kappa shape index (κ1) is 24.7. The molecule has 8 nitrogen and oxygen atoms in total. The van der Waals surface area contributed by atoms with Crippen LogP contribution in [0.15, 0.2) is 48.5 Å². The Morgan fingerprint density at radius 1 is 1.06 bits per heavy atom. The monoisotopic (exact) mass is 486 g/mol. The van der Waals surface area contributed by atoms with Crippen molar-refractivity contribution in [2.75, 3.05) is 44.3 Å². The SMILES string of the molecule is CS(=O)(=O)N1CCC(Nc2ccc(C(=O)NCC(O)CN3CCc4ccccc4C3)cc2)CC1. The van der Waals surface area contributed by atoms with E-state index < -0.39 is 16.1 Å². The van der Waals surface area contributed by atoms with E-state index in [4.69, 9.17) is 0 Å². The number of aliphatic hydroxyl groups is 1. The molecule has 34 heavy (non-hydrogen) atoms. The zero-order valence-corrected chi connectivity index (χ0v) is 20.4. The number of sulfonamides is 1. The molecule has 0 bridgehead atoms. The van der Waals surface area contributed by atoms with E-state index in [1.165, 1.54) is 21.7 Å². The predicted molar refractivity (Wildman–Crippen MR) is 133 cm³/mol. The summed E-state index contributed by atoms with van der Waals surface area (Å²) in [7, 11) is -3.13. The molecule has 0 aromatic heterocycles. The number of piperidine rings is 1. The molecule has 1 saturated heterocycles. The minimum atomic E-state index is -3.13. The summed E-state index contributed by atoms with van der Waals surface area (Å²) in [5.74, 6) is -0.212. The zero-order chi connectivity index (χ0) is 24.1. The average molecular weight is 487 g/mol. The Hall–Kier alpha value is -2.46. The van der Waals surface area contributed by atoms with Crippen molar-refractivity contribution in [1.82, 2.24) is 14.5 Å². The molecule has 1 unspecified atom stereocenters. The van der Waals surface area contributed by atoms with E-state index in [1.54, 1.807) is 12.1 Å². The highest BCUT2D eigenvalue weighted by atomic mass is 32.2. The molecule has 1 fully saturated rings. The molecule has 0 aliphatic carbocycles. The van der Waals surface area contributed by atoms with Crippen LogP contribution in [-0.2, 0) is 23.0 Å². The third-order valence-corrected chi connectivity index (χ3v) is 7.92. The van der Waals surface area contributed by atoms with Gasteiger partial charge in [-0.25, -0.2) is 12.7 Å². The predicted octanol–water partition coefficient (Wildman–Crippen LogP) is 1.67. The average Bonchev–Trinajstić information content (AvgIpc) is 2.83. The van der Waals surface area contributed by atoms with Gasteiger partial charge in [-0.2, -0.15) is 0 Å². The number of carbonyl (C=O) groups excluding carboxylic acids is 1. The molecular weight excluding hydrogens is 452 g/mol. The van der Waals surface area contributed by atoms with Crippen LogP contribution in [0.4, 0.5) is 5.69 Å². The lowest BCUT2D eigenvalue weighted by molar-refractivity contribution is 0.0842. The third kappa shape index (κ3) is 6.56. The molecule has 4 rings (SSSR count). The summed E-state index contributed by atoms with van der Waals surface area (Å²) in [4.78, 5) is 14.7. The standard InChI is InChI=1S/C25H34N4O4S/c1-34(32,33)29-14-11-23(12-15-29)27-22-8-6-20(7-9-22)25(31)26-16-24(30)18-28-13-10-19-4-2-3-5-21(19)17-28/h2-9,23-24,27,30H,10-18H2,1H3,(H,26,31). The molecule has 2 aliphatic rings. The van der Waals surface area contributed by atoms with E-state index in [9.17, 15) is 18.3 Å². The number of carbonyl (C=O) groups is 1. The second kappa shape index (κ2) is 10.9. The third-order valence-electron chi connectivity index (χ3n) is 6.62. The number of rotatable bonds is 8. The number of hydrogen-bond donors (Lipinski definition) is 3. The Bertz CT molecular complexity index is 1080. The quantitative estimate of drug-likeness (QED) is 0.525. The van der Waals surface area contributed by atoms with E-state index in [1.807, 2.05) is 18.2 Å². The maximum absolute atomic E-state index is 12.5. The second-order valence-electron chi connectivity index (χ2n) is 9.28. The van der Waals surface area contributed by atoms with Gasteiger partial charge in [0.2, 0.25) is 10.0 Å². The van der Waals surface area contributed by atoms with Crippen LogP contribution >= 0.6 is 0 Å². The van der Waals surface area contributed by atoms with Crippen LogP contribution in [0.2, 0.25) is 0 Å². The van der Waals surface area contributed by atoms with Crippen LogP contribution in [0.5, 0.6) is 0 Å². The Balaban J connectivity index is 1.20. The van der Waals surface area contributed by atoms with E-state index in [-0.39, 0.29) is 18.5 Å². The molecule has 9 heteroatoms. The molecule has 2 aliphatic heterocycles. The first-order valence-corrected chi connectivity index (χ1v) is 13.7. The van der Waals surface area contributed by atoms with Gasteiger partial charge in [-0.05, 0) is 54.7 Å². The van der Waals surface area contributed by atoms with Crippen molar-refractivity contribution in [3.05, 3.63) is 65.2 Å². The lowest BCUT2D eigenvalue weighted by Gasteiger charge is -2.31. The van der Waals surface area contributed by atoms with Crippen LogP contribution in [0.3, 0.4) is 0 Å². The number of aliphatic hydroxyl groups excluding tert-OH is 1. The molecule has 0 radical (unpaired) electrons. The lowest BCUT2D eigenvalue weighted by atomic mass is 10.00. The molecule has 0 spiro atoms. The van der Waals surface area contributed by atoms with Gasteiger partial charge in [0.15, 0.2) is 0 Å². The minimum Gasteiger partial charge on any atom is -0.390 e. The van der Waals surface area contributed by atoms with Gasteiger partial charge in [0, 0.05) is 56.6 Å². The Morgan fingerprint density at radius 2 is 1.74 bits per heavy atom. The summed E-state index contributed by atoms with van der Waals surface area (Å²) in [5.41, 5.74) is 4.12. The van der Waals surface area contributed by atoms with E-state index >= 15 is 0 Å². The summed E-state index contributed by atoms with van der Waals surface area (Å²) in [6, 6.07) is 15.8. The summed E-state index contributed by atoms with van der Waals surface area (Å²) in [6.45, 7) is 3.49. The largest absolute Gasteiger partial charge is 0.390 e. The number of nitrogens with zero attached hydrogens (tertiary/aromatic N) is 2.